The Bertz CT molecular complexity index is 414. The Labute approximate surface area is 109 Å². The molecule has 2 N–H and O–H groups in total. The fraction of sp³-hybridized carbons (Fsp3) is 0.533. The number of carbonyl (C=O) groups is 1. The number of amides is 1. The molecule has 0 saturated carbocycles. The molecule has 3 heteroatoms. The third kappa shape index (κ3) is 3.10. The van der Waals surface area contributed by atoms with E-state index in [0.29, 0.717) is 5.56 Å². The van der Waals surface area contributed by atoms with E-state index in [2.05, 4.69) is 5.32 Å². The standard InChI is InChI=1S/C15H23NO2/c1-5-15(6-2,10-17)16-14(18)13-8-7-11(3)9-12(13)4/h7-9,17H,5-6,10H2,1-4H3,(H,16,18). The summed E-state index contributed by atoms with van der Waals surface area (Å²) < 4.78 is 0. The molecule has 0 bridgehead atoms. The van der Waals surface area contributed by atoms with E-state index >= 15 is 0 Å². The van der Waals surface area contributed by atoms with E-state index in [9.17, 15) is 9.90 Å². The van der Waals surface area contributed by atoms with Crippen LogP contribution in [0, 0.1) is 13.8 Å². The molecular weight excluding hydrogens is 226 g/mol. The minimum Gasteiger partial charge on any atom is -0.394 e. The van der Waals surface area contributed by atoms with Crippen molar-refractivity contribution in [2.45, 2.75) is 46.1 Å². The Hall–Kier alpha value is -1.35. The van der Waals surface area contributed by atoms with Crippen molar-refractivity contribution in [2.75, 3.05) is 6.61 Å². The molecule has 0 spiro atoms. The van der Waals surface area contributed by atoms with Crippen molar-refractivity contribution in [3.05, 3.63) is 34.9 Å². The van der Waals surface area contributed by atoms with Gasteiger partial charge in [0.15, 0.2) is 0 Å². The lowest BCUT2D eigenvalue weighted by atomic mass is 9.93. The Balaban J connectivity index is 2.94. The van der Waals surface area contributed by atoms with Crippen molar-refractivity contribution >= 4 is 5.91 Å². The topological polar surface area (TPSA) is 49.3 Å². The second-order valence-electron chi connectivity index (χ2n) is 4.92. The van der Waals surface area contributed by atoms with Crippen LogP contribution in [-0.4, -0.2) is 23.2 Å². The number of hydrogen-bond acceptors (Lipinski definition) is 2. The second kappa shape index (κ2) is 6.01. The Morgan fingerprint density at radius 1 is 1.28 bits per heavy atom. The summed E-state index contributed by atoms with van der Waals surface area (Å²) >= 11 is 0. The molecule has 1 aromatic carbocycles. The van der Waals surface area contributed by atoms with Gasteiger partial charge in [-0.2, -0.15) is 0 Å². The third-order valence-corrected chi connectivity index (χ3v) is 3.66. The second-order valence-corrected chi connectivity index (χ2v) is 4.92. The first kappa shape index (κ1) is 14.7. The molecule has 0 radical (unpaired) electrons. The fourth-order valence-corrected chi connectivity index (χ4v) is 2.07. The maximum absolute atomic E-state index is 12.2. The number of aliphatic hydroxyl groups is 1. The van der Waals surface area contributed by atoms with Crippen molar-refractivity contribution in [1.82, 2.24) is 5.32 Å². The van der Waals surface area contributed by atoms with Gasteiger partial charge in [-0.15, -0.1) is 0 Å². The molecule has 0 fully saturated rings. The molecule has 0 aliphatic rings. The van der Waals surface area contributed by atoms with Crippen LogP contribution in [0.4, 0.5) is 0 Å². The maximum Gasteiger partial charge on any atom is 0.252 e. The first-order valence-corrected chi connectivity index (χ1v) is 6.48. The minimum atomic E-state index is -0.506. The zero-order chi connectivity index (χ0) is 13.8. The van der Waals surface area contributed by atoms with E-state index in [4.69, 9.17) is 0 Å². The third-order valence-electron chi connectivity index (χ3n) is 3.66. The number of nitrogens with one attached hydrogen (secondary N) is 1. The fourth-order valence-electron chi connectivity index (χ4n) is 2.07. The molecule has 100 valence electrons. The average Bonchev–Trinajstić information content (AvgIpc) is 2.36. The van der Waals surface area contributed by atoms with Crippen LogP contribution in [-0.2, 0) is 0 Å². The Kier molecular flexibility index (Phi) is 4.91. The highest BCUT2D eigenvalue weighted by Gasteiger charge is 2.27. The molecule has 3 nitrogen and oxygen atoms in total. The highest BCUT2D eigenvalue weighted by Crippen LogP contribution is 2.17. The van der Waals surface area contributed by atoms with Crippen LogP contribution in [0.1, 0.15) is 48.2 Å². The predicted molar refractivity (Wildman–Crippen MR) is 73.8 cm³/mol. The van der Waals surface area contributed by atoms with Crippen LogP contribution >= 0.6 is 0 Å². The van der Waals surface area contributed by atoms with Gasteiger partial charge in [0.2, 0.25) is 0 Å². The van der Waals surface area contributed by atoms with E-state index in [1.54, 1.807) is 0 Å². The average molecular weight is 249 g/mol. The van der Waals surface area contributed by atoms with Gasteiger partial charge in [-0.25, -0.2) is 0 Å². The van der Waals surface area contributed by atoms with Gasteiger partial charge in [-0.1, -0.05) is 31.5 Å². The summed E-state index contributed by atoms with van der Waals surface area (Å²) in [7, 11) is 0. The molecule has 18 heavy (non-hydrogen) atoms. The lowest BCUT2D eigenvalue weighted by molar-refractivity contribution is 0.0817. The molecule has 1 aromatic rings. The van der Waals surface area contributed by atoms with Crippen molar-refractivity contribution in [1.29, 1.82) is 0 Å². The number of benzene rings is 1. The van der Waals surface area contributed by atoms with Gasteiger partial charge in [0.1, 0.15) is 0 Å². The van der Waals surface area contributed by atoms with Crippen LogP contribution in [0.3, 0.4) is 0 Å². The van der Waals surface area contributed by atoms with E-state index < -0.39 is 5.54 Å². The molecule has 0 aromatic heterocycles. The molecule has 0 aliphatic heterocycles. The molecule has 0 saturated heterocycles. The van der Waals surface area contributed by atoms with Crippen LogP contribution in [0.15, 0.2) is 18.2 Å². The minimum absolute atomic E-state index is 0.0311. The van der Waals surface area contributed by atoms with Crippen molar-refractivity contribution in [3.8, 4) is 0 Å². The van der Waals surface area contributed by atoms with E-state index in [1.807, 2.05) is 45.9 Å². The first-order valence-electron chi connectivity index (χ1n) is 6.48. The van der Waals surface area contributed by atoms with E-state index in [1.165, 1.54) is 0 Å². The monoisotopic (exact) mass is 249 g/mol. The molecule has 0 unspecified atom stereocenters. The summed E-state index contributed by atoms with van der Waals surface area (Å²) in [5.41, 5.74) is 2.28. The van der Waals surface area contributed by atoms with Gasteiger partial charge in [-0.3, -0.25) is 4.79 Å². The summed E-state index contributed by atoms with van der Waals surface area (Å²) in [6, 6.07) is 5.77. The SMILES string of the molecule is CCC(CC)(CO)NC(=O)c1ccc(C)cc1C. The van der Waals surface area contributed by atoms with Crippen LogP contribution < -0.4 is 5.32 Å². The quantitative estimate of drug-likeness (QED) is 0.842. The summed E-state index contributed by atoms with van der Waals surface area (Å²) in [6.45, 7) is 7.85. The normalized spacial score (nSPS) is 11.4. The number of carbonyl (C=O) groups excluding carboxylic acids is 1. The summed E-state index contributed by atoms with van der Waals surface area (Å²) in [5, 5.41) is 12.4. The Morgan fingerprint density at radius 3 is 2.33 bits per heavy atom. The highest BCUT2D eigenvalue weighted by molar-refractivity contribution is 5.96. The molecule has 1 rings (SSSR count). The zero-order valence-corrected chi connectivity index (χ0v) is 11.7. The zero-order valence-electron chi connectivity index (χ0n) is 11.7. The van der Waals surface area contributed by atoms with Gasteiger partial charge in [0, 0.05) is 5.56 Å². The largest absolute Gasteiger partial charge is 0.394 e. The number of rotatable bonds is 5. The Morgan fingerprint density at radius 2 is 1.89 bits per heavy atom. The summed E-state index contributed by atoms with van der Waals surface area (Å²) in [6.07, 6.45) is 1.44. The van der Waals surface area contributed by atoms with E-state index in [0.717, 1.165) is 24.0 Å². The molecule has 0 aliphatic carbocycles. The molecule has 1 amide bonds. The molecular formula is C15H23NO2. The van der Waals surface area contributed by atoms with Crippen molar-refractivity contribution in [2.24, 2.45) is 0 Å². The summed E-state index contributed by atoms with van der Waals surface area (Å²) in [4.78, 5) is 12.2. The maximum atomic E-state index is 12.2. The highest BCUT2D eigenvalue weighted by atomic mass is 16.3. The van der Waals surface area contributed by atoms with Crippen LogP contribution in [0.2, 0.25) is 0 Å². The van der Waals surface area contributed by atoms with Gasteiger partial charge < -0.3 is 10.4 Å². The van der Waals surface area contributed by atoms with Crippen LogP contribution in [0.25, 0.3) is 0 Å². The number of aryl methyl sites for hydroxylation is 2. The number of hydrogen-bond donors (Lipinski definition) is 2. The van der Waals surface area contributed by atoms with Crippen molar-refractivity contribution in [3.63, 3.8) is 0 Å². The van der Waals surface area contributed by atoms with Gasteiger partial charge in [0.25, 0.3) is 5.91 Å². The lowest BCUT2D eigenvalue weighted by Crippen LogP contribution is -2.50. The van der Waals surface area contributed by atoms with Gasteiger partial charge in [0.05, 0.1) is 12.1 Å². The van der Waals surface area contributed by atoms with Crippen LogP contribution in [0.5, 0.6) is 0 Å². The van der Waals surface area contributed by atoms with Gasteiger partial charge in [-0.05, 0) is 38.3 Å². The van der Waals surface area contributed by atoms with E-state index in [-0.39, 0.29) is 12.5 Å². The summed E-state index contributed by atoms with van der Waals surface area (Å²) in [5.74, 6) is -0.106. The molecule has 0 atom stereocenters. The predicted octanol–water partition coefficient (Wildman–Crippen LogP) is 2.58. The smallest absolute Gasteiger partial charge is 0.252 e. The molecule has 0 heterocycles. The van der Waals surface area contributed by atoms with Gasteiger partial charge >= 0.3 is 0 Å². The lowest BCUT2D eigenvalue weighted by Gasteiger charge is -2.31. The number of aliphatic hydroxyl groups excluding tert-OH is 1. The first-order chi connectivity index (χ1) is 8.48. The van der Waals surface area contributed by atoms with Crippen molar-refractivity contribution < 1.29 is 9.90 Å².